The van der Waals surface area contributed by atoms with Gasteiger partial charge in [-0.25, -0.2) is 0 Å². The van der Waals surface area contributed by atoms with E-state index in [1.165, 1.54) is 0 Å². The molecule has 0 saturated carbocycles. The summed E-state index contributed by atoms with van der Waals surface area (Å²) in [7, 11) is 4.11. The molecule has 1 amide bonds. The first-order valence-electron chi connectivity index (χ1n) is 7.61. The Bertz CT molecular complexity index is 433. The van der Waals surface area contributed by atoms with Crippen molar-refractivity contribution in [2.75, 3.05) is 32.5 Å². The fourth-order valence-corrected chi connectivity index (χ4v) is 2.40. The first-order chi connectivity index (χ1) is 9.86. The van der Waals surface area contributed by atoms with E-state index in [0.29, 0.717) is 18.5 Å². The van der Waals surface area contributed by atoms with Gasteiger partial charge in [0.15, 0.2) is 0 Å². The number of benzene rings is 1. The molecule has 0 fully saturated rings. The summed E-state index contributed by atoms with van der Waals surface area (Å²) < 4.78 is 0. The Morgan fingerprint density at radius 1 is 1.29 bits per heavy atom. The maximum Gasteiger partial charge on any atom is 0.238 e. The van der Waals surface area contributed by atoms with Gasteiger partial charge in [0.25, 0.3) is 0 Å². The number of aryl methyl sites for hydroxylation is 1. The van der Waals surface area contributed by atoms with Crippen LogP contribution in [0.1, 0.15) is 25.8 Å². The summed E-state index contributed by atoms with van der Waals surface area (Å²) in [6.45, 7) is 7.72. The summed E-state index contributed by atoms with van der Waals surface area (Å²) in [5, 5.41) is 6.29. The Balaban J connectivity index is 2.45. The number of carbonyl (C=O) groups is 1. The lowest BCUT2D eigenvalue weighted by molar-refractivity contribution is -0.115. The molecule has 0 heterocycles. The molecule has 0 bridgehead atoms. The van der Waals surface area contributed by atoms with E-state index in [2.05, 4.69) is 43.5 Å². The smallest absolute Gasteiger partial charge is 0.238 e. The molecule has 21 heavy (non-hydrogen) atoms. The maximum atomic E-state index is 12.0. The minimum Gasteiger partial charge on any atom is -0.325 e. The third-order valence-corrected chi connectivity index (χ3v) is 3.19. The van der Waals surface area contributed by atoms with Crippen LogP contribution in [0.5, 0.6) is 0 Å². The highest BCUT2D eigenvalue weighted by molar-refractivity contribution is 5.92. The van der Waals surface area contributed by atoms with E-state index in [1.807, 2.05) is 31.2 Å². The van der Waals surface area contributed by atoms with Crippen LogP contribution in [0.2, 0.25) is 0 Å². The van der Waals surface area contributed by atoms with E-state index in [1.54, 1.807) is 0 Å². The summed E-state index contributed by atoms with van der Waals surface area (Å²) in [6, 6.07) is 8.19. The number of nitrogens with zero attached hydrogens (tertiary/aromatic N) is 1. The van der Waals surface area contributed by atoms with Crippen molar-refractivity contribution in [2.45, 2.75) is 33.2 Å². The number of nitrogens with one attached hydrogen (secondary N) is 2. The van der Waals surface area contributed by atoms with Crippen LogP contribution in [0, 0.1) is 12.8 Å². The van der Waals surface area contributed by atoms with Crippen molar-refractivity contribution in [3.8, 4) is 0 Å². The molecule has 1 rings (SSSR count). The van der Waals surface area contributed by atoms with Gasteiger partial charge in [-0.2, -0.15) is 0 Å². The Labute approximate surface area is 128 Å². The van der Waals surface area contributed by atoms with Crippen molar-refractivity contribution < 1.29 is 4.79 Å². The fourth-order valence-electron chi connectivity index (χ4n) is 2.40. The predicted octanol–water partition coefficient (Wildman–Crippen LogP) is 2.50. The first kappa shape index (κ1) is 17.7. The molecular weight excluding hydrogens is 262 g/mol. The average Bonchev–Trinajstić information content (AvgIpc) is 2.34. The zero-order valence-electron chi connectivity index (χ0n) is 13.9. The van der Waals surface area contributed by atoms with Gasteiger partial charge >= 0.3 is 0 Å². The SMILES string of the molecule is Cc1cccc(NC(=O)CNC(CC(C)C)CN(C)C)c1. The normalized spacial score (nSPS) is 12.7. The Morgan fingerprint density at radius 3 is 2.57 bits per heavy atom. The molecule has 0 spiro atoms. The van der Waals surface area contributed by atoms with Crippen molar-refractivity contribution in [1.82, 2.24) is 10.2 Å². The van der Waals surface area contributed by atoms with Crippen LogP contribution >= 0.6 is 0 Å². The molecule has 0 radical (unpaired) electrons. The molecule has 4 heteroatoms. The van der Waals surface area contributed by atoms with Crippen LogP contribution in [-0.2, 0) is 4.79 Å². The van der Waals surface area contributed by atoms with Crippen molar-refractivity contribution in [3.63, 3.8) is 0 Å². The summed E-state index contributed by atoms with van der Waals surface area (Å²) in [4.78, 5) is 14.2. The Kier molecular flexibility index (Phi) is 7.40. The lowest BCUT2D eigenvalue weighted by Gasteiger charge is -2.23. The van der Waals surface area contributed by atoms with Gasteiger partial charge in [0, 0.05) is 18.3 Å². The number of carbonyl (C=O) groups excluding carboxylic acids is 1. The molecule has 0 saturated heterocycles. The van der Waals surface area contributed by atoms with Crippen molar-refractivity contribution in [3.05, 3.63) is 29.8 Å². The zero-order valence-corrected chi connectivity index (χ0v) is 13.9. The molecule has 1 aromatic rings. The quantitative estimate of drug-likeness (QED) is 0.773. The Hall–Kier alpha value is -1.39. The lowest BCUT2D eigenvalue weighted by Crippen LogP contribution is -2.42. The summed E-state index contributed by atoms with van der Waals surface area (Å²) >= 11 is 0. The monoisotopic (exact) mass is 291 g/mol. The van der Waals surface area contributed by atoms with E-state index in [0.717, 1.165) is 24.2 Å². The summed E-state index contributed by atoms with van der Waals surface area (Å²) in [5.41, 5.74) is 2.00. The number of hydrogen-bond acceptors (Lipinski definition) is 3. The second-order valence-electron chi connectivity index (χ2n) is 6.39. The van der Waals surface area contributed by atoms with Gasteiger partial charge in [0.2, 0.25) is 5.91 Å². The molecular formula is C17H29N3O. The second kappa shape index (κ2) is 8.80. The zero-order chi connectivity index (χ0) is 15.8. The van der Waals surface area contributed by atoms with Gasteiger partial charge < -0.3 is 15.5 Å². The number of rotatable bonds is 8. The average molecular weight is 291 g/mol. The van der Waals surface area contributed by atoms with E-state index in [9.17, 15) is 4.79 Å². The highest BCUT2D eigenvalue weighted by atomic mass is 16.1. The maximum absolute atomic E-state index is 12.0. The Morgan fingerprint density at radius 2 is 2.00 bits per heavy atom. The van der Waals surface area contributed by atoms with Crippen LogP contribution in [0.25, 0.3) is 0 Å². The lowest BCUT2D eigenvalue weighted by atomic mass is 10.0. The second-order valence-corrected chi connectivity index (χ2v) is 6.39. The third kappa shape index (κ3) is 7.83. The van der Waals surface area contributed by atoms with Gasteiger partial charge in [0.05, 0.1) is 6.54 Å². The number of hydrogen-bond donors (Lipinski definition) is 2. The largest absolute Gasteiger partial charge is 0.325 e. The van der Waals surface area contributed by atoms with E-state index in [-0.39, 0.29) is 5.91 Å². The summed E-state index contributed by atoms with van der Waals surface area (Å²) in [6.07, 6.45) is 1.07. The van der Waals surface area contributed by atoms with Crippen LogP contribution < -0.4 is 10.6 Å². The van der Waals surface area contributed by atoms with Crippen molar-refractivity contribution in [1.29, 1.82) is 0 Å². The molecule has 118 valence electrons. The number of anilines is 1. The van der Waals surface area contributed by atoms with Crippen LogP contribution in [0.15, 0.2) is 24.3 Å². The van der Waals surface area contributed by atoms with Gasteiger partial charge in [0.1, 0.15) is 0 Å². The fraction of sp³-hybridized carbons (Fsp3) is 0.588. The molecule has 1 aromatic carbocycles. The third-order valence-electron chi connectivity index (χ3n) is 3.19. The van der Waals surface area contributed by atoms with Gasteiger partial charge in [-0.15, -0.1) is 0 Å². The topological polar surface area (TPSA) is 44.4 Å². The van der Waals surface area contributed by atoms with Crippen LogP contribution in [0.3, 0.4) is 0 Å². The molecule has 0 aliphatic carbocycles. The standard InChI is InChI=1S/C17H29N3O/c1-13(2)9-16(12-20(4)5)18-11-17(21)19-15-8-6-7-14(3)10-15/h6-8,10,13,16,18H,9,11-12H2,1-5H3,(H,19,21). The minimum absolute atomic E-state index is 0.00751. The summed E-state index contributed by atoms with van der Waals surface area (Å²) in [5.74, 6) is 0.621. The van der Waals surface area contributed by atoms with Gasteiger partial charge in [-0.05, 0) is 51.1 Å². The van der Waals surface area contributed by atoms with Gasteiger partial charge in [-0.3, -0.25) is 4.79 Å². The van der Waals surface area contributed by atoms with Crippen LogP contribution in [-0.4, -0.2) is 44.0 Å². The van der Waals surface area contributed by atoms with Crippen molar-refractivity contribution in [2.24, 2.45) is 5.92 Å². The molecule has 0 aliphatic heterocycles. The number of amides is 1. The highest BCUT2D eigenvalue weighted by Crippen LogP contribution is 2.09. The van der Waals surface area contributed by atoms with Gasteiger partial charge in [-0.1, -0.05) is 26.0 Å². The molecule has 2 N–H and O–H groups in total. The molecule has 0 aliphatic rings. The highest BCUT2D eigenvalue weighted by Gasteiger charge is 2.13. The number of likely N-dealkylation sites (N-methyl/N-ethyl adjacent to an activating group) is 1. The molecule has 0 aromatic heterocycles. The first-order valence-corrected chi connectivity index (χ1v) is 7.61. The van der Waals surface area contributed by atoms with E-state index < -0.39 is 0 Å². The molecule has 4 nitrogen and oxygen atoms in total. The minimum atomic E-state index is 0.00751. The van der Waals surface area contributed by atoms with Crippen molar-refractivity contribution >= 4 is 11.6 Å². The molecule has 1 unspecified atom stereocenters. The van der Waals surface area contributed by atoms with E-state index >= 15 is 0 Å². The predicted molar refractivity (Wildman–Crippen MR) is 89.6 cm³/mol. The molecule has 1 atom stereocenters. The van der Waals surface area contributed by atoms with Crippen LogP contribution in [0.4, 0.5) is 5.69 Å². The van der Waals surface area contributed by atoms with E-state index in [4.69, 9.17) is 0 Å².